The molecule has 0 aromatic heterocycles. The molecule has 0 fully saturated rings. The topological polar surface area (TPSA) is 36.9 Å². The van der Waals surface area contributed by atoms with Crippen LogP contribution in [0, 0.1) is 0 Å². The van der Waals surface area contributed by atoms with Crippen molar-refractivity contribution in [2.45, 2.75) is 49.9 Å². The van der Waals surface area contributed by atoms with Gasteiger partial charge in [0, 0.05) is 0 Å². The fourth-order valence-corrected chi connectivity index (χ4v) is 0.921. The minimum Gasteiger partial charge on any atom is -0.251 e. The summed E-state index contributed by atoms with van der Waals surface area (Å²) < 4.78 is 204. The fraction of sp³-hybridized carbons (Fsp3) is 1.00. The van der Waals surface area contributed by atoms with Crippen LogP contribution in [0.5, 0.6) is 0 Å². The molecule has 0 saturated heterocycles. The molecule has 4 nitrogen and oxygen atoms in total. The molecular formula is C8H2F16O4. The molecule has 0 aliphatic heterocycles. The molecule has 0 aliphatic carbocycles. The molecule has 0 N–H and O–H groups in total. The Balaban J connectivity index is 5.64. The van der Waals surface area contributed by atoms with Crippen molar-refractivity contribution in [3.05, 3.63) is 0 Å². The molecule has 170 valence electrons. The van der Waals surface area contributed by atoms with Gasteiger partial charge in [-0.05, 0) is 0 Å². The van der Waals surface area contributed by atoms with Gasteiger partial charge in [0.05, 0.1) is 0 Å². The summed E-state index contributed by atoms with van der Waals surface area (Å²) in [6.45, 7) is -9.66. The number of rotatable bonds is 11. The van der Waals surface area contributed by atoms with Crippen molar-refractivity contribution in [3.8, 4) is 0 Å². The minimum absolute atomic E-state index is 1.48. The van der Waals surface area contributed by atoms with E-state index in [1.54, 1.807) is 0 Å². The third kappa shape index (κ3) is 6.11. The normalized spacial score (nSPS) is 15.6. The van der Waals surface area contributed by atoms with Gasteiger partial charge >= 0.3 is 49.9 Å². The quantitative estimate of drug-likeness (QED) is 0.400. The molecule has 0 aromatic carbocycles. The first-order valence-corrected chi connectivity index (χ1v) is 5.59. The van der Waals surface area contributed by atoms with E-state index in [0.717, 1.165) is 0 Å². The largest absolute Gasteiger partial charge is 0.453 e. The zero-order valence-corrected chi connectivity index (χ0v) is 11.8. The Morgan fingerprint density at radius 2 is 0.536 bits per heavy atom. The van der Waals surface area contributed by atoms with E-state index in [2.05, 4.69) is 0 Å². The summed E-state index contributed by atoms with van der Waals surface area (Å²) in [5.41, 5.74) is 0. The lowest BCUT2D eigenvalue weighted by atomic mass is 10.5. The van der Waals surface area contributed by atoms with Crippen molar-refractivity contribution in [3.63, 3.8) is 0 Å². The first-order valence-electron chi connectivity index (χ1n) is 5.59. The summed E-state index contributed by atoms with van der Waals surface area (Å²) in [5, 5.41) is 0. The SMILES string of the molecule is FC(F)OC(F)(F)C(F)(F)OC(F)(F)C(F)(F)OC(F)(F)C(F)(F)OC(F)F. The zero-order chi connectivity index (χ0) is 23.0. The van der Waals surface area contributed by atoms with Crippen LogP contribution in [0.3, 0.4) is 0 Å². The smallest absolute Gasteiger partial charge is 0.251 e. The second-order valence-electron chi connectivity index (χ2n) is 4.06. The standard InChI is InChI=1S/C8H2F16O4/c9-1(10)25-3(13,14)5(17,18)27-7(21,22)8(23,24)28-6(19,20)4(15,16)26-2(11)12/h1-2H. The van der Waals surface area contributed by atoms with E-state index in [1.807, 2.05) is 9.47 Å². The van der Waals surface area contributed by atoms with Crippen LogP contribution in [-0.4, -0.2) is 49.9 Å². The molecule has 0 aromatic rings. The summed E-state index contributed by atoms with van der Waals surface area (Å²) in [7, 11) is 0. The Labute approximate surface area is 140 Å². The second-order valence-corrected chi connectivity index (χ2v) is 4.06. The van der Waals surface area contributed by atoms with E-state index < -0.39 is 49.9 Å². The highest BCUT2D eigenvalue weighted by Gasteiger charge is 2.76. The van der Waals surface area contributed by atoms with Crippen LogP contribution in [0.2, 0.25) is 0 Å². The third-order valence-corrected chi connectivity index (χ3v) is 2.00. The highest BCUT2D eigenvalue weighted by Crippen LogP contribution is 2.50. The molecule has 0 aliphatic rings. The Hall–Kier alpha value is -1.28. The highest BCUT2D eigenvalue weighted by molar-refractivity contribution is 4.78. The van der Waals surface area contributed by atoms with E-state index in [0.29, 0.717) is 0 Å². The van der Waals surface area contributed by atoms with Gasteiger partial charge in [-0.3, -0.25) is 9.47 Å². The van der Waals surface area contributed by atoms with Gasteiger partial charge in [0.15, 0.2) is 0 Å². The van der Waals surface area contributed by atoms with Crippen LogP contribution in [0.25, 0.3) is 0 Å². The van der Waals surface area contributed by atoms with Crippen LogP contribution in [0.4, 0.5) is 70.2 Å². The molecular weight excluding hydrogens is 464 g/mol. The van der Waals surface area contributed by atoms with Gasteiger partial charge in [0.25, 0.3) is 0 Å². The van der Waals surface area contributed by atoms with Gasteiger partial charge < -0.3 is 0 Å². The Bertz CT molecular complexity index is 473. The predicted molar refractivity (Wildman–Crippen MR) is 46.0 cm³/mol. The van der Waals surface area contributed by atoms with Crippen LogP contribution >= 0.6 is 0 Å². The molecule has 0 bridgehead atoms. The maximum atomic E-state index is 12.8. The van der Waals surface area contributed by atoms with Gasteiger partial charge in [0.1, 0.15) is 0 Å². The lowest BCUT2D eigenvalue weighted by Crippen LogP contribution is -2.59. The van der Waals surface area contributed by atoms with Gasteiger partial charge in [-0.1, -0.05) is 0 Å². The van der Waals surface area contributed by atoms with Gasteiger partial charge in [0.2, 0.25) is 0 Å². The number of ether oxygens (including phenoxy) is 4. The van der Waals surface area contributed by atoms with E-state index in [1.165, 1.54) is 9.47 Å². The van der Waals surface area contributed by atoms with Crippen molar-refractivity contribution < 1.29 is 89.2 Å². The van der Waals surface area contributed by atoms with Crippen molar-refractivity contribution in [1.82, 2.24) is 0 Å². The Morgan fingerprint density at radius 3 is 0.714 bits per heavy atom. The van der Waals surface area contributed by atoms with Crippen LogP contribution in [-0.2, 0) is 18.9 Å². The van der Waals surface area contributed by atoms with Crippen LogP contribution in [0.1, 0.15) is 0 Å². The van der Waals surface area contributed by atoms with Crippen LogP contribution < -0.4 is 0 Å². The summed E-state index contributed by atoms with van der Waals surface area (Å²) in [4.78, 5) is 0. The zero-order valence-electron chi connectivity index (χ0n) is 11.8. The Kier molecular flexibility index (Phi) is 7.50. The van der Waals surface area contributed by atoms with E-state index in [-0.39, 0.29) is 0 Å². The van der Waals surface area contributed by atoms with Gasteiger partial charge in [-0.25, -0.2) is 9.47 Å². The molecule has 20 heteroatoms. The minimum atomic E-state index is -7.38. The molecule has 0 unspecified atom stereocenters. The maximum Gasteiger partial charge on any atom is 0.453 e. The number of hydrogen-bond donors (Lipinski definition) is 0. The number of hydrogen-bond acceptors (Lipinski definition) is 4. The molecule has 0 heterocycles. The maximum absolute atomic E-state index is 12.8. The van der Waals surface area contributed by atoms with Crippen molar-refractivity contribution >= 4 is 0 Å². The number of halogens is 16. The van der Waals surface area contributed by atoms with Crippen molar-refractivity contribution in [1.29, 1.82) is 0 Å². The van der Waals surface area contributed by atoms with E-state index in [4.69, 9.17) is 0 Å². The molecule has 0 atom stereocenters. The van der Waals surface area contributed by atoms with Crippen LogP contribution in [0.15, 0.2) is 0 Å². The second kappa shape index (κ2) is 7.86. The molecule has 0 rings (SSSR count). The number of alkyl halides is 16. The molecule has 28 heavy (non-hydrogen) atoms. The first-order chi connectivity index (χ1) is 12.0. The first kappa shape index (κ1) is 26.7. The van der Waals surface area contributed by atoms with Gasteiger partial charge in [-0.15, -0.1) is 0 Å². The summed E-state index contributed by atoms with van der Waals surface area (Å²) in [6.07, 6.45) is -42.6. The highest BCUT2D eigenvalue weighted by atomic mass is 19.4. The lowest BCUT2D eigenvalue weighted by Gasteiger charge is -2.34. The molecule has 0 spiro atoms. The fourth-order valence-electron chi connectivity index (χ4n) is 0.921. The third-order valence-electron chi connectivity index (χ3n) is 2.00. The molecule has 0 radical (unpaired) electrons. The summed E-state index contributed by atoms with van der Waals surface area (Å²) in [5.74, 6) is 0. The van der Waals surface area contributed by atoms with E-state index >= 15 is 0 Å². The summed E-state index contributed by atoms with van der Waals surface area (Å²) >= 11 is 0. The van der Waals surface area contributed by atoms with Crippen molar-refractivity contribution in [2.75, 3.05) is 0 Å². The predicted octanol–water partition coefficient (Wildman–Crippen LogP) is 5.05. The molecule has 0 saturated carbocycles. The summed E-state index contributed by atoms with van der Waals surface area (Å²) in [6, 6.07) is 0. The average molecular weight is 466 g/mol. The average Bonchev–Trinajstić information content (AvgIpc) is 2.31. The lowest BCUT2D eigenvalue weighted by molar-refractivity contribution is -0.570. The molecule has 0 amide bonds. The Morgan fingerprint density at radius 1 is 0.357 bits per heavy atom. The van der Waals surface area contributed by atoms with Crippen molar-refractivity contribution in [2.24, 2.45) is 0 Å². The monoisotopic (exact) mass is 466 g/mol. The van der Waals surface area contributed by atoms with Gasteiger partial charge in [-0.2, -0.15) is 70.2 Å². The van der Waals surface area contributed by atoms with E-state index in [9.17, 15) is 70.2 Å².